The predicted molar refractivity (Wildman–Crippen MR) is 55.3 cm³/mol. The van der Waals surface area contributed by atoms with Crippen LogP contribution in [0.1, 0.15) is 17.1 Å². The summed E-state index contributed by atoms with van der Waals surface area (Å²) in [6, 6.07) is 4.36. The van der Waals surface area contributed by atoms with Crippen molar-refractivity contribution in [2.24, 2.45) is 0 Å². The van der Waals surface area contributed by atoms with Crippen LogP contribution < -0.4 is 5.32 Å². The van der Waals surface area contributed by atoms with Gasteiger partial charge in [0.1, 0.15) is 0 Å². The van der Waals surface area contributed by atoms with Gasteiger partial charge in [0.2, 0.25) is 0 Å². The second-order valence-corrected chi connectivity index (χ2v) is 3.27. The average molecular weight is 204 g/mol. The fraction of sp³-hybridized carbons (Fsp3) is 0.300. The molecule has 0 bridgehead atoms. The van der Waals surface area contributed by atoms with Crippen LogP contribution in [0.3, 0.4) is 0 Å². The molecular formula is C10H12N4O. The van der Waals surface area contributed by atoms with E-state index in [2.05, 4.69) is 20.4 Å². The number of nitrogens with zero attached hydrogens (tertiary/aromatic N) is 3. The molecule has 0 aromatic carbocycles. The maximum absolute atomic E-state index is 4.93. The third kappa shape index (κ3) is 2.31. The molecule has 0 radical (unpaired) electrons. The van der Waals surface area contributed by atoms with Crippen LogP contribution in [0.2, 0.25) is 0 Å². The molecular weight excluding hydrogens is 192 g/mol. The fourth-order valence-corrected chi connectivity index (χ4v) is 1.23. The number of anilines is 1. The molecule has 0 unspecified atom stereocenters. The highest BCUT2D eigenvalue weighted by Gasteiger charge is 2.03. The van der Waals surface area contributed by atoms with Crippen molar-refractivity contribution < 1.29 is 4.52 Å². The molecule has 0 saturated heterocycles. The van der Waals surface area contributed by atoms with Gasteiger partial charge in [0.05, 0.1) is 12.2 Å². The van der Waals surface area contributed by atoms with E-state index in [1.807, 2.05) is 19.1 Å². The highest BCUT2D eigenvalue weighted by Crippen LogP contribution is 2.07. The second kappa shape index (κ2) is 4.08. The lowest BCUT2D eigenvalue weighted by Gasteiger charge is -2.03. The molecule has 2 heterocycles. The van der Waals surface area contributed by atoms with Crippen LogP contribution in [0.5, 0.6) is 0 Å². The first kappa shape index (κ1) is 9.64. The molecule has 0 aliphatic heterocycles. The van der Waals surface area contributed by atoms with E-state index >= 15 is 0 Å². The Morgan fingerprint density at radius 1 is 1.40 bits per heavy atom. The Balaban J connectivity index is 2.02. The Bertz CT molecular complexity index is 452. The van der Waals surface area contributed by atoms with Crippen molar-refractivity contribution in [3.8, 4) is 0 Å². The minimum absolute atomic E-state index is 0.428. The van der Waals surface area contributed by atoms with Crippen LogP contribution in [0, 0.1) is 13.8 Å². The second-order valence-electron chi connectivity index (χ2n) is 3.27. The molecule has 5 heteroatoms. The Labute approximate surface area is 87.5 Å². The molecule has 5 nitrogen and oxygen atoms in total. The monoisotopic (exact) mass is 204 g/mol. The number of pyridine rings is 1. The predicted octanol–water partition coefficient (Wildman–Crippen LogP) is 1.69. The minimum Gasteiger partial charge on any atom is -0.332 e. The van der Waals surface area contributed by atoms with Crippen molar-refractivity contribution >= 4 is 6.01 Å². The summed E-state index contributed by atoms with van der Waals surface area (Å²) >= 11 is 0. The lowest BCUT2D eigenvalue weighted by molar-refractivity contribution is 0.425. The van der Waals surface area contributed by atoms with Crippen molar-refractivity contribution in [1.82, 2.24) is 15.1 Å². The van der Waals surface area contributed by atoms with Crippen LogP contribution in [-0.2, 0) is 6.54 Å². The van der Waals surface area contributed by atoms with Gasteiger partial charge in [-0.2, -0.15) is 4.98 Å². The van der Waals surface area contributed by atoms with E-state index in [9.17, 15) is 0 Å². The molecule has 0 spiro atoms. The standard InChI is InChI=1S/C10H12N4O/c1-7-4-3-5-11-9(7)6-12-10-13-8(2)14-15-10/h3-5H,6H2,1-2H3,(H,12,13,14). The van der Waals surface area contributed by atoms with Gasteiger partial charge in [-0.05, 0) is 25.5 Å². The van der Waals surface area contributed by atoms with Crippen LogP contribution in [0.25, 0.3) is 0 Å². The number of aromatic nitrogens is 3. The number of aryl methyl sites for hydroxylation is 2. The van der Waals surface area contributed by atoms with Gasteiger partial charge in [-0.15, -0.1) is 0 Å². The van der Waals surface area contributed by atoms with Gasteiger partial charge in [0, 0.05) is 6.20 Å². The fourth-order valence-electron chi connectivity index (χ4n) is 1.23. The first-order valence-corrected chi connectivity index (χ1v) is 4.70. The van der Waals surface area contributed by atoms with E-state index in [0.29, 0.717) is 18.4 Å². The molecule has 0 aliphatic rings. The summed E-state index contributed by atoms with van der Waals surface area (Å²) in [7, 11) is 0. The van der Waals surface area contributed by atoms with Crippen molar-refractivity contribution in [3.05, 3.63) is 35.4 Å². The summed E-state index contributed by atoms with van der Waals surface area (Å²) in [5.41, 5.74) is 2.12. The zero-order valence-electron chi connectivity index (χ0n) is 8.69. The number of hydrogen-bond donors (Lipinski definition) is 1. The maximum atomic E-state index is 4.93. The summed E-state index contributed by atoms with van der Waals surface area (Å²) in [4.78, 5) is 8.29. The Hall–Kier alpha value is -1.91. The number of rotatable bonds is 3. The Morgan fingerprint density at radius 3 is 2.93 bits per heavy atom. The van der Waals surface area contributed by atoms with E-state index in [4.69, 9.17) is 4.52 Å². The lowest BCUT2D eigenvalue weighted by Crippen LogP contribution is -2.03. The largest absolute Gasteiger partial charge is 0.332 e. The van der Waals surface area contributed by atoms with E-state index in [1.54, 1.807) is 13.1 Å². The topological polar surface area (TPSA) is 63.8 Å². The van der Waals surface area contributed by atoms with E-state index in [1.165, 1.54) is 0 Å². The van der Waals surface area contributed by atoms with Crippen LogP contribution in [-0.4, -0.2) is 15.1 Å². The van der Waals surface area contributed by atoms with E-state index in [-0.39, 0.29) is 0 Å². The van der Waals surface area contributed by atoms with Crippen LogP contribution in [0.15, 0.2) is 22.9 Å². The van der Waals surface area contributed by atoms with Crippen molar-refractivity contribution in [2.75, 3.05) is 5.32 Å². The van der Waals surface area contributed by atoms with Crippen molar-refractivity contribution in [3.63, 3.8) is 0 Å². The van der Waals surface area contributed by atoms with Gasteiger partial charge < -0.3 is 9.84 Å². The smallest absolute Gasteiger partial charge is 0.321 e. The molecule has 0 amide bonds. The van der Waals surface area contributed by atoms with Gasteiger partial charge in [-0.25, -0.2) is 0 Å². The third-order valence-electron chi connectivity index (χ3n) is 2.05. The average Bonchev–Trinajstić information content (AvgIpc) is 2.63. The zero-order chi connectivity index (χ0) is 10.7. The van der Waals surface area contributed by atoms with Crippen LogP contribution >= 0.6 is 0 Å². The molecule has 2 rings (SSSR count). The summed E-state index contributed by atoms with van der Waals surface area (Å²) in [5, 5.41) is 6.70. The quantitative estimate of drug-likeness (QED) is 0.824. The normalized spacial score (nSPS) is 10.3. The van der Waals surface area contributed by atoms with Gasteiger partial charge in [-0.3, -0.25) is 4.98 Å². The molecule has 0 aliphatic carbocycles. The van der Waals surface area contributed by atoms with Gasteiger partial charge in [0.25, 0.3) is 0 Å². The van der Waals surface area contributed by atoms with E-state index < -0.39 is 0 Å². The molecule has 2 aromatic heterocycles. The molecule has 78 valence electrons. The SMILES string of the molecule is Cc1noc(NCc2ncccc2C)n1. The molecule has 0 saturated carbocycles. The first-order valence-electron chi connectivity index (χ1n) is 4.70. The number of hydrogen-bond acceptors (Lipinski definition) is 5. The lowest BCUT2D eigenvalue weighted by atomic mass is 10.2. The molecule has 2 aromatic rings. The highest BCUT2D eigenvalue weighted by atomic mass is 16.5. The van der Waals surface area contributed by atoms with Gasteiger partial charge in [-0.1, -0.05) is 11.2 Å². The number of nitrogens with one attached hydrogen (secondary N) is 1. The third-order valence-corrected chi connectivity index (χ3v) is 2.05. The van der Waals surface area contributed by atoms with E-state index in [0.717, 1.165) is 11.3 Å². The molecule has 15 heavy (non-hydrogen) atoms. The van der Waals surface area contributed by atoms with Gasteiger partial charge in [0.15, 0.2) is 5.82 Å². The zero-order valence-corrected chi connectivity index (χ0v) is 8.69. The molecule has 0 atom stereocenters. The van der Waals surface area contributed by atoms with Crippen molar-refractivity contribution in [1.29, 1.82) is 0 Å². The first-order chi connectivity index (χ1) is 7.25. The molecule has 1 N–H and O–H groups in total. The highest BCUT2D eigenvalue weighted by molar-refractivity contribution is 5.24. The molecule has 0 fully saturated rings. The minimum atomic E-state index is 0.428. The Morgan fingerprint density at radius 2 is 2.27 bits per heavy atom. The Kier molecular flexibility index (Phi) is 2.62. The van der Waals surface area contributed by atoms with Gasteiger partial charge >= 0.3 is 6.01 Å². The van der Waals surface area contributed by atoms with Crippen molar-refractivity contribution in [2.45, 2.75) is 20.4 Å². The van der Waals surface area contributed by atoms with Crippen LogP contribution in [0.4, 0.5) is 6.01 Å². The summed E-state index contributed by atoms with van der Waals surface area (Å²) in [6.07, 6.45) is 1.77. The summed E-state index contributed by atoms with van der Waals surface area (Å²) < 4.78 is 4.93. The summed E-state index contributed by atoms with van der Waals surface area (Å²) in [6.45, 7) is 4.39. The summed E-state index contributed by atoms with van der Waals surface area (Å²) in [5.74, 6) is 0.621. The maximum Gasteiger partial charge on any atom is 0.321 e.